The summed E-state index contributed by atoms with van der Waals surface area (Å²) in [7, 11) is 1.65. The van der Waals surface area contributed by atoms with Crippen LogP contribution in [0.4, 0.5) is 0 Å². The third-order valence-corrected chi connectivity index (χ3v) is 3.03. The van der Waals surface area contributed by atoms with Gasteiger partial charge >= 0.3 is 0 Å². The molecule has 1 rings (SSSR count). The second kappa shape index (κ2) is 5.11. The Morgan fingerprint density at radius 3 is 2.87 bits per heavy atom. The number of piperidine rings is 1. The minimum absolute atomic E-state index is 0.0339. The van der Waals surface area contributed by atoms with Crippen molar-refractivity contribution >= 4 is 11.6 Å². The topological polar surface area (TPSA) is 64.9 Å². The van der Waals surface area contributed by atoms with Crippen LogP contribution >= 0.6 is 0 Å². The summed E-state index contributed by atoms with van der Waals surface area (Å²) in [6.07, 6.45) is 0.735. The van der Waals surface area contributed by atoms with Crippen LogP contribution in [0.3, 0.4) is 0 Å². The number of hydrogen-bond donors (Lipinski definition) is 2. The van der Waals surface area contributed by atoms with Gasteiger partial charge in [-0.25, -0.2) is 0 Å². The van der Waals surface area contributed by atoms with Crippen molar-refractivity contribution in [1.29, 1.82) is 0 Å². The summed E-state index contributed by atoms with van der Waals surface area (Å²) in [6.45, 7) is 5.46. The van der Waals surface area contributed by atoms with Crippen LogP contribution in [-0.2, 0) is 4.79 Å². The molecule has 5 heteroatoms. The maximum atomic E-state index is 11.4. The van der Waals surface area contributed by atoms with Crippen molar-refractivity contribution in [2.24, 2.45) is 11.1 Å². The van der Waals surface area contributed by atoms with Crippen molar-refractivity contribution in [2.45, 2.75) is 26.3 Å². The average Bonchev–Trinajstić information content (AvgIpc) is 2.26. The lowest BCUT2D eigenvalue weighted by atomic mass is 9.96. The van der Waals surface area contributed by atoms with Crippen LogP contribution in [-0.4, -0.2) is 47.9 Å². The molecule has 0 radical (unpaired) electrons. The van der Waals surface area contributed by atoms with Gasteiger partial charge in [-0.05, 0) is 6.92 Å². The molecule has 5 nitrogen and oxygen atoms in total. The molecule has 0 bridgehead atoms. The number of carbonyl (C=O) groups excluding carboxylic acids is 1. The van der Waals surface area contributed by atoms with Crippen LogP contribution in [0.15, 0.2) is 5.16 Å². The minimum Gasteiger partial charge on any atom is -0.411 e. The number of nitrogens with zero attached hydrogens (tertiary/aromatic N) is 2. The van der Waals surface area contributed by atoms with Gasteiger partial charge in [-0.3, -0.25) is 9.69 Å². The van der Waals surface area contributed by atoms with E-state index in [1.807, 2.05) is 13.8 Å². The molecule has 0 saturated carbocycles. The first kappa shape index (κ1) is 12.0. The summed E-state index contributed by atoms with van der Waals surface area (Å²) in [5, 5.41) is 14.7. The molecule has 1 saturated heterocycles. The highest BCUT2D eigenvalue weighted by molar-refractivity contribution is 5.87. The van der Waals surface area contributed by atoms with E-state index in [0.29, 0.717) is 0 Å². The van der Waals surface area contributed by atoms with Crippen LogP contribution in [0.25, 0.3) is 0 Å². The lowest BCUT2D eigenvalue weighted by molar-refractivity contribution is -0.125. The highest BCUT2D eigenvalue weighted by atomic mass is 16.4. The molecule has 0 spiro atoms. The zero-order valence-corrected chi connectivity index (χ0v) is 9.53. The Kier molecular flexibility index (Phi) is 4.08. The number of hydrogen-bond acceptors (Lipinski definition) is 4. The van der Waals surface area contributed by atoms with E-state index >= 15 is 0 Å². The lowest BCUT2D eigenvalue weighted by Crippen LogP contribution is -2.50. The maximum absolute atomic E-state index is 11.4. The van der Waals surface area contributed by atoms with Crippen LogP contribution in [0, 0.1) is 5.92 Å². The van der Waals surface area contributed by atoms with E-state index in [1.165, 1.54) is 0 Å². The zero-order chi connectivity index (χ0) is 11.4. The molecule has 1 aliphatic heterocycles. The molecule has 1 heterocycles. The Morgan fingerprint density at radius 1 is 1.73 bits per heavy atom. The summed E-state index contributed by atoms with van der Waals surface area (Å²) in [4.78, 5) is 13.5. The van der Waals surface area contributed by atoms with E-state index in [0.717, 1.165) is 25.2 Å². The van der Waals surface area contributed by atoms with Crippen LogP contribution in [0.2, 0.25) is 0 Å². The quantitative estimate of drug-likeness (QED) is 0.512. The minimum atomic E-state index is -0.113. The standard InChI is InChI=1S/C10H19N3O2/c1-7-6-13(5-4-9(7)12-15)8(2)10(14)11-3/h7-8,15H,4-6H2,1-3H3,(H,11,14). The van der Waals surface area contributed by atoms with Crippen molar-refractivity contribution in [3.8, 4) is 0 Å². The monoisotopic (exact) mass is 213 g/mol. The molecular weight excluding hydrogens is 194 g/mol. The van der Waals surface area contributed by atoms with E-state index in [-0.39, 0.29) is 17.9 Å². The first-order chi connectivity index (χ1) is 7.10. The second-order valence-corrected chi connectivity index (χ2v) is 4.03. The molecule has 86 valence electrons. The number of likely N-dealkylation sites (N-methyl/N-ethyl adjacent to an activating group) is 1. The summed E-state index contributed by atoms with van der Waals surface area (Å²) in [6, 6.07) is -0.113. The normalized spacial score (nSPS) is 27.7. The fraction of sp³-hybridized carbons (Fsp3) is 0.800. The van der Waals surface area contributed by atoms with Crippen molar-refractivity contribution in [1.82, 2.24) is 10.2 Å². The summed E-state index contributed by atoms with van der Waals surface area (Å²) in [5.41, 5.74) is 0.829. The molecule has 15 heavy (non-hydrogen) atoms. The second-order valence-electron chi connectivity index (χ2n) is 4.03. The molecule has 1 aliphatic rings. The van der Waals surface area contributed by atoms with Gasteiger partial charge < -0.3 is 10.5 Å². The molecular formula is C10H19N3O2. The van der Waals surface area contributed by atoms with Gasteiger partial charge in [-0.15, -0.1) is 0 Å². The Morgan fingerprint density at radius 2 is 2.40 bits per heavy atom. The Labute approximate surface area is 90.1 Å². The smallest absolute Gasteiger partial charge is 0.236 e. The Bertz CT molecular complexity index is 265. The van der Waals surface area contributed by atoms with Gasteiger partial charge in [0.05, 0.1) is 11.8 Å². The Hall–Kier alpha value is -1.10. The molecule has 2 N–H and O–H groups in total. The predicted octanol–water partition coefficient (Wildman–Crippen LogP) is 0.293. The van der Waals surface area contributed by atoms with Gasteiger partial charge in [0, 0.05) is 32.5 Å². The SMILES string of the molecule is CNC(=O)C(C)N1CCC(=NO)C(C)C1. The highest BCUT2D eigenvalue weighted by Gasteiger charge is 2.28. The van der Waals surface area contributed by atoms with Gasteiger partial charge in [0.15, 0.2) is 0 Å². The fourth-order valence-corrected chi connectivity index (χ4v) is 1.93. The largest absolute Gasteiger partial charge is 0.411 e. The van der Waals surface area contributed by atoms with Gasteiger partial charge in [-0.2, -0.15) is 0 Å². The maximum Gasteiger partial charge on any atom is 0.236 e. The van der Waals surface area contributed by atoms with Gasteiger partial charge in [0.1, 0.15) is 0 Å². The van der Waals surface area contributed by atoms with E-state index in [1.54, 1.807) is 7.05 Å². The molecule has 0 aliphatic carbocycles. The van der Waals surface area contributed by atoms with Crippen molar-refractivity contribution in [3.05, 3.63) is 0 Å². The first-order valence-corrected chi connectivity index (χ1v) is 5.26. The van der Waals surface area contributed by atoms with Crippen molar-refractivity contribution < 1.29 is 10.0 Å². The third kappa shape index (κ3) is 2.68. The van der Waals surface area contributed by atoms with E-state index in [4.69, 9.17) is 5.21 Å². The third-order valence-electron chi connectivity index (χ3n) is 3.03. The molecule has 1 amide bonds. The Balaban J connectivity index is 2.57. The van der Waals surface area contributed by atoms with Gasteiger partial charge in [0.2, 0.25) is 5.91 Å². The van der Waals surface area contributed by atoms with E-state index in [9.17, 15) is 4.79 Å². The van der Waals surface area contributed by atoms with Gasteiger partial charge in [0.25, 0.3) is 0 Å². The average molecular weight is 213 g/mol. The highest BCUT2D eigenvalue weighted by Crippen LogP contribution is 2.16. The lowest BCUT2D eigenvalue weighted by Gasteiger charge is -2.34. The molecule has 0 aromatic carbocycles. The zero-order valence-electron chi connectivity index (χ0n) is 9.53. The number of rotatable bonds is 2. The molecule has 1 fully saturated rings. The van der Waals surface area contributed by atoms with E-state index in [2.05, 4.69) is 15.4 Å². The number of nitrogens with one attached hydrogen (secondary N) is 1. The summed E-state index contributed by atoms with van der Waals surface area (Å²) < 4.78 is 0. The van der Waals surface area contributed by atoms with Crippen LogP contribution < -0.4 is 5.32 Å². The fourth-order valence-electron chi connectivity index (χ4n) is 1.93. The van der Waals surface area contributed by atoms with Crippen molar-refractivity contribution in [3.63, 3.8) is 0 Å². The molecule has 0 aromatic heterocycles. The van der Waals surface area contributed by atoms with Crippen LogP contribution in [0.5, 0.6) is 0 Å². The summed E-state index contributed by atoms with van der Waals surface area (Å²) in [5.74, 6) is 0.252. The van der Waals surface area contributed by atoms with Crippen LogP contribution in [0.1, 0.15) is 20.3 Å². The summed E-state index contributed by atoms with van der Waals surface area (Å²) >= 11 is 0. The van der Waals surface area contributed by atoms with Crippen molar-refractivity contribution in [2.75, 3.05) is 20.1 Å². The molecule has 2 unspecified atom stereocenters. The number of oxime groups is 1. The number of likely N-dealkylation sites (tertiary alicyclic amines) is 1. The first-order valence-electron chi connectivity index (χ1n) is 5.26. The molecule has 0 aromatic rings. The predicted molar refractivity (Wildman–Crippen MR) is 58.1 cm³/mol. The van der Waals surface area contributed by atoms with Gasteiger partial charge in [-0.1, -0.05) is 12.1 Å². The number of carbonyl (C=O) groups is 1. The molecule has 2 atom stereocenters. The van der Waals surface area contributed by atoms with E-state index < -0.39 is 0 Å². The number of amides is 1.